The molecule has 24 heavy (non-hydrogen) atoms. The quantitative estimate of drug-likeness (QED) is 0.884. The molecule has 4 nitrogen and oxygen atoms in total. The summed E-state index contributed by atoms with van der Waals surface area (Å²) in [6, 6.07) is 10.6. The summed E-state index contributed by atoms with van der Waals surface area (Å²) in [5, 5.41) is 3.39. The Labute approximate surface area is 157 Å². The van der Waals surface area contributed by atoms with E-state index < -0.39 is 0 Å². The zero-order chi connectivity index (χ0) is 15.2. The Balaban J connectivity index is 0.00000144. The molecule has 1 N–H and O–H groups in total. The minimum atomic E-state index is 0. The van der Waals surface area contributed by atoms with Crippen molar-refractivity contribution in [3.8, 4) is 0 Å². The van der Waals surface area contributed by atoms with Gasteiger partial charge in [0.05, 0.1) is 0 Å². The van der Waals surface area contributed by atoms with E-state index in [4.69, 9.17) is 0 Å². The summed E-state index contributed by atoms with van der Waals surface area (Å²) in [4.78, 5) is 17.2. The number of carbonyl (C=O) groups is 1. The van der Waals surface area contributed by atoms with Gasteiger partial charge >= 0.3 is 0 Å². The Bertz CT molecular complexity index is 470. The van der Waals surface area contributed by atoms with Gasteiger partial charge in [0.2, 0.25) is 5.91 Å². The molecule has 1 amide bonds. The Morgan fingerprint density at radius 2 is 1.71 bits per heavy atom. The maximum absolute atomic E-state index is 12.7. The molecule has 0 aliphatic carbocycles. The number of carbonyl (C=O) groups excluding carboxylic acids is 1. The van der Waals surface area contributed by atoms with Crippen molar-refractivity contribution in [2.75, 3.05) is 39.3 Å². The highest BCUT2D eigenvalue weighted by molar-refractivity contribution is 5.85. The lowest BCUT2D eigenvalue weighted by Gasteiger charge is -2.36. The van der Waals surface area contributed by atoms with Crippen LogP contribution in [0.25, 0.3) is 0 Å². The van der Waals surface area contributed by atoms with Gasteiger partial charge in [-0.1, -0.05) is 30.3 Å². The first-order valence-electron chi connectivity index (χ1n) is 8.59. The Morgan fingerprint density at radius 1 is 1.00 bits per heavy atom. The van der Waals surface area contributed by atoms with Gasteiger partial charge in [0, 0.05) is 38.6 Å². The highest BCUT2D eigenvalue weighted by Gasteiger charge is 2.27. The van der Waals surface area contributed by atoms with E-state index in [1.807, 2.05) is 0 Å². The predicted octanol–water partition coefficient (Wildman–Crippen LogP) is 2.56. The number of hydrogen-bond acceptors (Lipinski definition) is 3. The maximum Gasteiger partial charge on any atom is 0.225 e. The molecule has 2 fully saturated rings. The van der Waals surface area contributed by atoms with Gasteiger partial charge in [-0.25, -0.2) is 0 Å². The lowest BCUT2D eigenvalue weighted by molar-refractivity contribution is -0.137. The van der Waals surface area contributed by atoms with E-state index in [0.29, 0.717) is 5.91 Å². The molecule has 0 radical (unpaired) electrons. The van der Waals surface area contributed by atoms with Crippen LogP contribution in [0, 0.1) is 5.92 Å². The number of amides is 1. The van der Waals surface area contributed by atoms with Crippen LogP contribution in [-0.2, 0) is 11.3 Å². The van der Waals surface area contributed by atoms with Gasteiger partial charge in [0.25, 0.3) is 0 Å². The second-order valence-electron chi connectivity index (χ2n) is 6.46. The van der Waals surface area contributed by atoms with Crippen LogP contribution in [-0.4, -0.2) is 55.0 Å². The molecule has 1 aromatic carbocycles. The van der Waals surface area contributed by atoms with Crippen LogP contribution < -0.4 is 5.32 Å². The first-order chi connectivity index (χ1) is 10.8. The molecule has 2 saturated heterocycles. The van der Waals surface area contributed by atoms with Crippen LogP contribution in [0.2, 0.25) is 0 Å². The second kappa shape index (κ2) is 10.9. The Kier molecular flexibility index (Phi) is 9.67. The van der Waals surface area contributed by atoms with Gasteiger partial charge in [0.15, 0.2) is 0 Å². The van der Waals surface area contributed by atoms with E-state index in [2.05, 4.69) is 45.4 Å². The molecule has 0 aromatic heterocycles. The van der Waals surface area contributed by atoms with Gasteiger partial charge in [-0.05, 0) is 37.9 Å². The first-order valence-corrected chi connectivity index (χ1v) is 8.59. The van der Waals surface area contributed by atoms with Crippen LogP contribution in [0.3, 0.4) is 0 Å². The fourth-order valence-corrected chi connectivity index (χ4v) is 3.49. The van der Waals surface area contributed by atoms with E-state index in [-0.39, 0.29) is 30.7 Å². The standard InChI is InChI=1S/C18H27N3O.2ClH/c22-18(17-7-4-9-19-10-8-17)21-13-11-20(12-14-21)15-16-5-2-1-3-6-16;;/h1-3,5-6,17,19H,4,7-15H2;2*1H. The van der Waals surface area contributed by atoms with Gasteiger partial charge in [-0.3, -0.25) is 9.69 Å². The molecule has 1 unspecified atom stereocenters. The van der Waals surface area contributed by atoms with Gasteiger partial charge in [0.1, 0.15) is 0 Å². The highest BCUT2D eigenvalue weighted by Crippen LogP contribution is 2.18. The Hall–Kier alpha value is -0.810. The summed E-state index contributed by atoms with van der Waals surface area (Å²) in [5.74, 6) is 0.638. The molecule has 0 saturated carbocycles. The average molecular weight is 374 g/mol. The van der Waals surface area contributed by atoms with E-state index >= 15 is 0 Å². The lowest BCUT2D eigenvalue weighted by atomic mass is 9.98. The molecule has 136 valence electrons. The summed E-state index contributed by atoms with van der Waals surface area (Å²) in [6.07, 6.45) is 3.18. The summed E-state index contributed by atoms with van der Waals surface area (Å²) in [7, 11) is 0. The highest BCUT2D eigenvalue weighted by atomic mass is 35.5. The lowest BCUT2D eigenvalue weighted by Crippen LogP contribution is -2.50. The zero-order valence-electron chi connectivity index (χ0n) is 14.2. The van der Waals surface area contributed by atoms with Gasteiger partial charge in [-0.2, -0.15) is 0 Å². The van der Waals surface area contributed by atoms with Crippen LogP contribution in [0.15, 0.2) is 30.3 Å². The molecule has 0 spiro atoms. The number of benzene rings is 1. The van der Waals surface area contributed by atoms with Crippen molar-refractivity contribution in [1.29, 1.82) is 0 Å². The smallest absolute Gasteiger partial charge is 0.225 e. The summed E-state index contributed by atoms with van der Waals surface area (Å²) < 4.78 is 0. The van der Waals surface area contributed by atoms with Crippen molar-refractivity contribution in [2.45, 2.75) is 25.8 Å². The van der Waals surface area contributed by atoms with E-state index in [1.54, 1.807) is 0 Å². The molecule has 0 bridgehead atoms. The number of rotatable bonds is 3. The fourth-order valence-electron chi connectivity index (χ4n) is 3.49. The molecule has 2 heterocycles. The van der Waals surface area contributed by atoms with Crippen LogP contribution >= 0.6 is 24.8 Å². The number of nitrogens with one attached hydrogen (secondary N) is 1. The number of nitrogens with zero attached hydrogens (tertiary/aromatic N) is 2. The summed E-state index contributed by atoms with van der Waals surface area (Å²) in [6.45, 7) is 6.80. The van der Waals surface area contributed by atoms with Crippen molar-refractivity contribution in [3.05, 3.63) is 35.9 Å². The minimum Gasteiger partial charge on any atom is -0.340 e. The third-order valence-electron chi connectivity index (χ3n) is 4.86. The number of piperazine rings is 1. The first kappa shape index (κ1) is 21.2. The molecule has 2 aliphatic rings. The third-order valence-corrected chi connectivity index (χ3v) is 4.86. The van der Waals surface area contributed by atoms with Crippen molar-refractivity contribution in [2.24, 2.45) is 5.92 Å². The van der Waals surface area contributed by atoms with Crippen molar-refractivity contribution in [1.82, 2.24) is 15.1 Å². The van der Waals surface area contributed by atoms with Gasteiger partial charge < -0.3 is 10.2 Å². The summed E-state index contributed by atoms with van der Waals surface area (Å²) in [5.41, 5.74) is 1.36. The number of halogens is 2. The molecular weight excluding hydrogens is 345 g/mol. The summed E-state index contributed by atoms with van der Waals surface area (Å²) >= 11 is 0. The van der Waals surface area contributed by atoms with Crippen LogP contribution in [0.5, 0.6) is 0 Å². The van der Waals surface area contributed by atoms with Crippen LogP contribution in [0.1, 0.15) is 24.8 Å². The average Bonchev–Trinajstić information content (AvgIpc) is 2.85. The largest absolute Gasteiger partial charge is 0.340 e. The van der Waals surface area contributed by atoms with Crippen molar-refractivity contribution >= 4 is 30.7 Å². The van der Waals surface area contributed by atoms with E-state index in [1.165, 1.54) is 5.56 Å². The normalized spacial score (nSPS) is 22.0. The zero-order valence-corrected chi connectivity index (χ0v) is 15.8. The molecular formula is C18H29Cl2N3O. The SMILES string of the molecule is Cl.Cl.O=C(C1CCCNCC1)N1CCN(Cc2ccccc2)CC1. The van der Waals surface area contributed by atoms with Crippen molar-refractivity contribution < 1.29 is 4.79 Å². The molecule has 2 aliphatic heterocycles. The van der Waals surface area contributed by atoms with E-state index in [9.17, 15) is 4.79 Å². The van der Waals surface area contributed by atoms with Crippen molar-refractivity contribution in [3.63, 3.8) is 0 Å². The molecule has 3 rings (SSSR count). The number of hydrogen-bond donors (Lipinski definition) is 1. The Morgan fingerprint density at radius 3 is 2.42 bits per heavy atom. The minimum absolute atomic E-state index is 0. The topological polar surface area (TPSA) is 35.6 Å². The monoisotopic (exact) mass is 373 g/mol. The fraction of sp³-hybridized carbons (Fsp3) is 0.611. The van der Waals surface area contributed by atoms with Crippen LogP contribution in [0.4, 0.5) is 0 Å². The molecule has 6 heteroatoms. The van der Waals surface area contributed by atoms with E-state index in [0.717, 1.165) is 65.1 Å². The third kappa shape index (κ3) is 5.92. The molecule has 1 atom stereocenters. The molecule has 1 aromatic rings. The van der Waals surface area contributed by atoms with Gasteiger partial charge in [-0.15, -0.1) is 24.8 Å². The predicted molar refractivity (Wildman–Crippen MR) is 103 cm³/mol. The maximum atomic E-state index is 12.7. The second-order valence-corrected chi connectivity index (χ2v) is 6.46.